The number of para-hydroxylation sites is 1. The molecule has 3 rings (SSSR count). The first kappa shape index (κ1) is 12.8. The molecule has 3 aromatic rings. The minimum Gasteiger partial charge on any atom is -0.379 e. The van der Waals surface area contributed by atoms with Gasteiger partial charge in [0, 0.05) is 23.2 Å². The number of hydrogen-bond acceptors (Lipinski definition) is 5. The molecule has 0 atom stereocenters. The molecule has 0 unspecified atom stereocenters. The van der Waals surface area contributed by atoms with Crippen molar-refractivity contribution in [3.05, 3.63) is 46.7 Å². The molecule has 1 N–H and O–H groups in total. The maximum absolute atomic E-state index is 4.27. The fourth-order valence-electron chi connectivity index (χ4n) is 2.03. The van der Waals surface area contributed by atoms with E-state index >= 15 is 0 Å². The minimum atomic E-state index is 0.769. The van der Waals surface area contributed by atoms with E-state index in [0.29, 0.717) is 0 Å². The van der Waals surface area contributed by atoms with E-state index in [1.807, 2.05) is 42.2 Å². The topological polar surface area (TPSA) is 55.6 Å². The molecule has 0 amide bonds. The lowest BCUT2D eigenvalue weighted by atomic mass is 10.1. The molecule has 0 saturated heterocycles. The van der Waals surface area contributed by atoms with Crippen LogP contribution in [0.25, 0.3) is 11.4 Å². The van der Waals surface area contributed by atoms with Gasteiger partial charge in [0.1, 0.15) is 6.33 Å². The molecule has 0 aliphatic heterocycles. The van der Waals surface area contributed by atoms with Crippen LogP contribution in [0.5, 0.6) is 0 Å². The Balaban J connectivity index is 1.87. The van der Waals surface area contributed by atoms with Crippen molar-refractivity contribution in [1.82, 2.24) is 19.7 Å². The number of thiazole rings is 1. The van der Waals surface area contributed by atoms with Crippen LogP contribution in [-0.2, 0) is 13.6 Å². The maximum Gasteiger partial charge on any atom is 0.165 e. The number of benzene rings is 1. The van der Waals surface area contributed by atoms with Crippen molar-refractivity contribution in [2.45, 2.75) is 13.5 Å². The van der Waals surface area contributed by atoms with Crippen LogP contribution in [0.1, 0.15) is 10.6 Å². The second kappa shape index (κ2) is 5.42. The zero-order valence-corrected chi connectivity index (χ0v) is 12.2. The SMILES string of the molecule is Cc1ncsc1CNc1ccccc1-c1nncn1C. The molecular formula is C14H15N5S. The Morgan fingerprint density at radius 1 is 1.30 bits per heavy atom. The molecule has 6 heteroatoms. The van der Waals surface area contributed by atoms with Crippen molar-refractivity contribution < 1.29 is 0 Å². The minimum absolute atomic E-state index is 0.769. The summed E-state index contributed by atoms with van der Waals surface area (Å²) in [5, 5.41) is 11.6. The summed E-state index contributed by atoms with van der Waals surface area (Å²) in [6.45, 7) is 2.80. The van der Waals surface area contributed by atoms with Gasteiger partial charge in [-0.2, -0.15) is 0 Å². The van der Waals surface area contributed by atoms with E-state index in [2.05, 4.69) is 26.6 Å². The largest absolute Gasteiger partial charge is 0.379 e. The Hall–Kier alpha value is -2.21. The first-order chi connectivity index (χ1) is 9.75. The Labute approximate surface area is 121 Å². The van der Waals surface area contributed by atoms with Crippen LogP contribution in [0.4, 0.5) is 5.69 Å². The van der Waals surface area contributed by atoms with Gasteiger partial charge in [-0.15, -0.1) is 21.5 Å². The Kier molecular flexibility index (Phi) is 3.47. The number of rotatable bonds is 4. The van der Waals surface area contributed by atoms with Crippen molar-refractivity contribution in [2.75, 3.05) is 5.32 Å². The molecule has 0 radical (unpaired) electrons. The van der Waals surface area contributed by atoms with Crippen LogP contribution < -0.4 is 5.32 Å². The van der Waals surface area contributed by atoms with Crippen LogP contribution in [0, 0.1) is 6.92 Å². The van der Waals surface area contributed by atoms with Crippen LogP contribution in [0.2, 0.25) is 0 Å². The highest BCUT2D eigenvalue weighted by atomic mass is 32.1. The first-order valence-corrected chi connectivity index (χ1v) is 7.20. The lowest BCUT2D eigenvalue weighted by Crippen LogP contribution is -2.02. The third-order valence-corrected chi connectivity index (χ3v) is 4.10. The molecule has 2 heterocycles. The summed E-state index contributed by atoms with van der Waals surface area (Å²) in [6.07, 6.45) is 1.71. The van der Waals surface area contributed by atoms with Crippen molar-refractivity contribution in [1.29, 1.82) is 0 Å². The first-order valence-electron chi connectivity index (χ1n) is 6.32. The molecule has 0 spiro atoms. The fraction of sp³-hybridized carbons (Fsp3) is 0.214. The highest BCUT2D eigenvalue weighted by Crippen LogP contribution is 2.26. The molecular weight excluding hydrogens is 270 g/mol. The summed E-state index contributed by atoms with van der Waals surface area (Å²) in [7, 11) is 1.94. The maximum atomic E-state index is 4.27. The van der Waals surface area contributed by atoms with Crippen molar-refractivity contribution in [3.8, 4) is 11.4 Å². The summed E-state index contributed by atoms with van der Waals surface area (Å²) in [5.74, 6) is 0.856. The van der Waals surface area contributed by atoms with Gasteiger partial charge in [-0.1, -0.05) is 12.1 Å². The fourth-order valence-corrected chi connectivity index (χ4v) is 2.75. The summed E-state index contributed by atoms with van der Waals surface area (Å²) < 4.78 is 1.92. The van der Waals surface area contributed by atoms with Gasteiger partial charge in [0.15, 0.2) is 5.82 Å². The quantitative estimate of drug-likeness (QED) is 0.801. The zero-order chi connectivity index (χ0) is 13.9. The Morgan fingerprint density at radius 2 is 2.15 bits per heavy atom. The normalized spacial score (nSPS) is 10.7. The number of aromatic nitrogens is 4. The lowest BCUT2D eigenvalue weighted by molar-refractivity contribution is 0.919. The van der Waals surface area contributed by atoms with Gasteiger partial charge in [0.2, 0.25) is 0 Å². The lowest BCUT2D eigenvalue weighted by Gasteiger charge is -2.11. The van der Waals surface area contributed by atoms with Gasteiger partial charge in [-0.05, 0) is 19.1 Å². The number of aryl methyl sites for hydroxylation is 2. The van der Waals surface area contributed by atoms with E-state index in [9.17, 15) is 0 Å². The summed E-state index contributed by atoms with van der Waals surface area (Å²) in [4.78, 5) is 5.52. The molecule has 0 fully saturated rings. The average molecular weight is 285 g/mol. The molecule has 0 bridgehead atoms. The third-order valence-electron chi connectivity index (χ3n) is 3.16. The summed E-state index contributed by atoms with van der Waals surface area (Å²) >= 11 is 1.67. The average Bonchev–Trinajstić information content (AvgIpc) is 3.06. The van der Waals surface area contributed by atoms with E-state index in [0.717, 1.165) is 29.3 Å². The molecule has 2 aromatic heterocycles. The predicted octanol–water partition coefficient (Wildman–Crippen LogP) is 2.86. The van der Waals surface area contributed by atoms with Crippen LogP contribution in [0.3, 0.4) is 0 Å². The van der Waals surface area contributed by atoms with Crippen LogP contribution >= 0.6 is 11.3 Å². The van der Waals surface area contributed by atoms with Crippen molar-refractivity contribution in [3.63, 3.8) is 0 Å². The predicted molar refractivity (Wildman–Crippen MR) is 80.6 cm³/mol. The van der Waals surface area contributed by atoms with E-state index in [1.54, 1.807) is 17.7 Å². The Morgan fingerprint density at radius 3 is 2.85 bits per heavy atom. The van der Waals surface area contributed by atoms with Gasteiger partial charge >= 0.3 is 0 Å². The third kappa shape index (κ3) is 2.42. The van der Waals surface area contributed by atoms with Crippen LogP contribution in [0.15, 0.2) is 36.1 Å². The second-order valence-corrected chi connectivity index (χ2v) is 5.46. The number of nitrogens with zero attached hydrogens (tertiary/aromatic N) is 4. The van der Waals surface area contributed by atoms with Gasteiger partial charge in [0.25, 0.3) is 0 Å². The molecule has 0 aliphatic rings. The van der Waals surface area contributed by atoms with E-state index in [1.165, 1.54) is 4.88 Å². The molecule has 5 nitrogen and oxygen atoms in total. The molecule has 1 aromatic carbocycles. The summed E-state index contributed by atoms with van der Waals surface area (Å²) in [5.41, 5.74) is 5.06. The molecule has 0 aliphatic carbocycles. The molecule has 20 heavy (non-hydrogen) atoms. The van der Waals surface area contributed by atoms with Crippen molar-refractivity contribution >= 4 is 17.0 Å². The smallest absolute Gasteiger partial charge is 0.165 e. The van der Waals surface area contributed by atoms with Crippen molar-refractivity contribution in [2.24, 2.45) is 7.05 Å². The van der Waals surface area contributed by atoms with Gasteiger partial charge in [0.05, 0.1) is 17.7 Å². The van der Waals surface area contributed by atoms with Gasteiger partial charge in [-0.25, -0.2) is 4.98 Å². The van der Waals surface area contributed by atoms with E-state index < -0.39 is 0 Å². The molecule has 102 valence electrons. The second-order valence-electron chi connectivity index (χ2n) is 4.53. The Bertz CT molecular complexity index is 716. The zero-order valence-electron chi connectivity index (χ0n) is 11.4. The number of nitrogens with one attached hydrogen (secondary N) is 1. The number of hydrogen-bond donors (Lipinski definition) is 1. The standard InChI is InChI=1S/C14H15N5S/c1-10-13(20-9-16-10)7-15-12-6-4-3-5-11(12)14-18-17-8-19(14)2/h3-6,8-9,15H,7H2,1-2H3. The van der Waals surface area contributed by atoms with Crippen LogP contribution in [-0.4, -0.2) is 19.7 Å². The highest BCUT2D eigenvalue weighted by molar-refractivity contribution is 7.09. The summed E-state index contributed by atoms with van der Waals surface area (Å²) in [6, 6.07) is 8.13. The highest BCUT2D eigenvalue weighted by Gasteiger charge is 2.10. The van der Waals surface area contributed by atoms with E-state index in [-0.39, 0.29) is 0 Å². The van der Waals surface area contributed by atoms with E-state index in [4.69, 9.17) is 0 Å². The number of anilines is 1. The van der Waals surface area contributed by atoms with Gasteiger partial charge < -0.3 is 9.88 Å². The molecule has 0 saturated carbocycles. The van der Waals surface area contributed by atoms with Gasteiger partial charge in [-0.3, -0.25) is 0 Å². The monoisotopic (exact) mass is 285 g/mol.